The molecule has 71 heavy (non-hydrogen) atoms. The maximum absolute atomic E-state index is 14.9. The Morgan fingerprint density at radius 1 is 0.901 bits per heavy atom. The average Bonchev–Trinajstić information content (AvgIpc) is 3.93. The molecule has 10 atom stereocenters. The standard InChI is InChI=1S/C56H86O13S2/c1-34(2)40-28-45(35(3)4)53(46(29-40)36(5)6)71(61,62)69-42(23-24-49-38(8)27-41(66-49)20-19-25-64-54(58)55(10,11)12)26-37(7)39(9)48(57)31-50-47(33-70(59,60)44-21-17-16-18-22-44)52(63-15)51(67-50)30-43-32-65-56(13,14)68-43/h16-18,21-22,28-29,34-37,41-43,47-52,57H,8-9,19-20,23-27,30-33H2,1-7,10-15H3/t37-,41+,42-,43+,47+,48-,49+,50?,51-,52-/m1/s1. The van der Waals surface area contributed by atoms with Gasteiger partial charge in [-0.3, -0.25) is 8.98 Å². The average molecular weight is 1030 g/mol. The molecule has 3 aliphatic rings. The van der Waals surface area contributed by atoms with Crippen molar-refractivity contribution in [3.8, 4) is 0 Å². The highest BCUT2D eigenvalue weighted by Gasteiger charge is 2.49. The molecule has 0 saturated carbocycles. The van der Waals surface area contributed by atoms with Crippen LogP contribution in [0.3, 0.4) is 0 Å². The van der Waals surface area contributed by atoms with Crippen molar-refractivity contribution in [3.63, 3.8) is 0 Å². The molecular formula is C56H86O13S2. The number of hydrogen-bond acceptors (Lipinski definition) is 13. The zero-order valence-electron chi connectivity index (χ0n) is 44.9. The molecule has 3 heterocycles. The molecule has 3 saturated heterocycles. The number of carbonyl (C=O) groups excluding carboxylic acids is 1. The predicted octanol–water partition coefficient (Wildman–Crippen LogP) is 10.7. The molecule has 13 nitrogen and oxygen atoms in total. The number of benzene rings is 2. The summed E-state index contributed by atoms with van der Waals surface area (Å²) in [6.07, 6.45) is -1.39. The van der Waals surface area contributed by atoms with Gasteiger partial charge in [-0.25, -0.2) is 8.42 Å². The van der Waals surface area contributed by atoms with Gasteiger partial charge in [0.2, 0.25) is 0 Å². The van der Waals surface area contributed by atoms with Gasteiger partial charge in [0, 0.05) is 25.9 Å². The Kier molecular flexibility index (Phi) is 20.4. The number of methoxy groups -OCH3 is 1. The summed E-state index contributed by atoms with van der Waals surface area (Å²) in [6.45, 7) is 32.5. The second-order valence-corrected chi connectivity index (χ2v) is 26.2. The van der Waals surface area contributed by atoms with E-state index in [1.165, 1.54) is 0 Å². The molecule has 0 radical (unpaired) electrons. The van der Waals surface area contributed by atoms with Crippen molar-refractivity contribution < 1.29 is 59.3 Å². The molecule has 0 aromatic heterocycles. The highest BCUT2D eigenvalue weighted by molar-refractivity contribution is 7.91. The van der Waals surface area contributed by atoms with Crippen molar-refractivity contribution in [3.05, 3.63) is 83.5 Å². The quantitative estimate of drug-likeness (QED) is 0.0432. The van der Waals surface area contributed by atoms with Crippen molar-refractivity contribution in [2.45, 2.75) is 217 Å². The summed E-state index contributed by atoms with van der Waals surface area (Å²) in [5.74, 6) is -2.44. The third-order valence-corrected chi connectivity index (χ3v) is 17.6. The number of aliphatic hydroxyl groups is 1. The number of aliphatic hydroxyl groups excluding tert-OH is 1. The molecule has 1 N–H and O–H groups in total. The van der Waals surface area contributed by atoms with Gasteiger partial charge in [0.05, 0.1) is 78.1 Å². The van der Waals surface area contributed by atoms with Gasteiger partial charge in [-0.2, -0.15) is 8.42 Å². The van der Waals surface area contributed by atoms with Crippen molar-refractivity contribution in [2.75, 3.05) is 26.1 Å². The van der Waals surface area contributed by atoms with Gasteiger partial charge in [-0.05, 0) is 137 Å². The van der Waals surface area contributed by atoms with E-state index in [9.17, 15) is 26.7 Å². The second kappa shape index (κ2) is 24.6. The Labute approximate surface area is 426 Å². The molecule has 2 aromatic rings. The molecule has 5 rings (SSSR count). The minimum atomic E-state index is -4.35. The van der Waals surface area contributed by atoms with Crippen LogP contribution >= 0.6 is 0 Å². The van der Waals surface area contributed by atoms with E-state index in [1.54, 1.807) is 37.4 Å². The van der Waals surface area contributed by atoms with E-state index < -0.39 is 73.5 Å². The summed E-state index contributed by atoms with van der Waals surface area (Å²) in [7, 11) is -6.62. The van der Waals surface area contributed by atoms with Crippen LogP contribution in [0, 0.1) is 17.3 Å². The number of rotatable bonds is 25. The minimum absolute atomic E-state index is 0.0239. The van der Waals surface area contributed by atoms with E-state index in [0.717, 1.165) is 11.1 Å². The molecule has 0 amide bonds. The van der Waals surface area contributed by atoms with Crippen LogP contribution in [0.25, 0.3) is 0 Å². The molecule has 400 valence electrons. The van der Waals surface area contributed by atoms with Crippen LogP contribution in [0.2, 0.25) is 0 Å². The summed E-state index contributed by atoms with van der Waals surface area (Å²) in [5.41, 5.74) is 3.24. The number of carbonyl (C=O) groups is 1. The van der Waals surface area contributed by atoms with Gasteiger partial charge in [-0.15, -0.1) is 0 Å². The van der Waals surface area contributed by atoms with Crippen molar-refractivity contribution >= 4 is 25.9 Å². The Balaban J connectivity index is 1.38. The fraction of sp³-hybridized carbons (Fsp3) is 0.696. The topological polar surface area (TPSA) is 170 Å². The largest absolute Gasteiger partial charge is 0.465 e. The molecule has 0 spiro atoms. The smallest absolute Gasteiger partial charge is 0.311 e. The van der Waals surface area contributed by atoms with Gasteiger partial charge in [0.1, 0.15) is 4.90 Å². The molecule has 2 aromatic carbocycles. The molecular weight excluding hydrogens is 945 g/mol. The van der Waals surface area contributed by atoms with Crippen LogP contribution in [0.15, 0.2) is 76.6 Å². The summed E-state index contributed by atoms with van der Waals surface area (Å²) in [5, 5.41) is 12.1. The summed E-state index contributed by atoms with van der Waals surface area (Å²) in [6, 6.07) is 12.2. The maximum Gasteiger partial charge on any atom is 0.311 e. The first kappa shape index (κ1) is 58.9. The van der Waals surface area contributed by atoms with Crippen LogP contribution in [0.5, 0.6) is 0 Å². The van der Waals surface area contributed by atoms with Gasteiger partial charge in [-0.1, -0.05) is 92.0 Å². The lowest BCUT2D eigenvalue weighted by Crippen LogP contribution is -2.37. The first-order valence-corrected chi connectivity index (χ1v) is 28.8. The van der Waals surface area contributed by atoms with E-state index in [0.29, 0.717) is 68.4 Å². The summed E-state index contributed by atoms with van der Waals surface area (Å²) >= 11 is 0. The molecule has 0 bridgehead atoms. The van der Waals surface area contributed by atoms with Crippen molar-refractivity contribution in [1.29, 1.82) is 0 Å². The van der Waals surface area contributed by atoms with E-state index in [-0.39, 0.29) is 70.4 Å². The predicted molar refractivity (Wildman–Crippen MR) is 277 cm³/mol. The minimum Gasteiger partial charge on any atom is -0.465 e. The lowest BCUT2D eigenvalue weighted by molar-refractivity contribution is -0.153. The summed E-state index contributed by atoms with van der Waals surface area (Å²) < 4.78 is 101. The third kappa shape index (κ3) is 15.8. The van der Waals surface area contributed by atoms with Gasteiger partial charge in [0.25, 0.3) is 10.1 Å². The normalized spacial score (nSPS) is 25.3. The lowest BCUT2D eigenvalue weighted by atomic mass is 9.86. The van der Waals surface area contributed by atoms with Gasteiger partial charge >= 0.3 is 5.97 Å². The molecule has 3 fully saturated rings. The van der Waals surface area contributed by atoms with E-state index >= 15 is 0 Å². The second-order valence-electron chi connectivity index (χ2n) is 22.7. The Hall–Kier alpha value is -2.99. The number of sulfone groups is 1. The Morgan fingerprint density at radius 3 is 2.08 bits per heavy atom. The summed E-state index contributed by atoms with van der Waals surface area (Å²) in [4.78, 5) is 12.7. The zero-order chi connectivity index (χ0) is 52.8. The van der Waals surface area contributed by atoms with Crippen LogP contribution in [0.4, 0.5) is 0 Å². The third-order valence-electron chi connectivity index (χ3n) is 14.3. The van der Waals surface area contributed by atoms with E-state index in [4.69, 9.17) is 32.6 Å². The highest BCUT2D eigenvalue weighted by atomic mass is 32.2. The lowest BCUT2D eigenvalue weighted by Gasteiger charge is -2.29. The van der Waals surface area contributed by atoms with Crippen molar-refractivity contribution in [1.82, 2.24) is 0 Å². The molecule has 1 unspecified atom stereocenters. The van der Waals surface area contributed by atoms with E-state index in [2.05, 4.69) is 27.0 Å². The van der Waals surface area contributed by atoms with Gasteiger partial charge in [0.15, 0.2) is 15.6 Å². The zero-order valence-corrected chi connectivity index (χ0v) is 46.5. The van der Waals surface area contributed by atoms with Crippen LogP contribution < -0.4 is 0 Å². The molecule has 0 aliphatic carbocycles. The van der Waals surface area contributed by atoms with Gasteiger partial charge < -0.3 is 33.5 Å². The van der Waals surface area contributed by atoms with Crippen LogP contribution in [0.1, 0.15) is 169 Å². The first-order valence-electron chi connectivity index (χ1n) is 25.8. The highest BCUT2D eigenvalue weighted by Crippen LogP contribution is 2.41. The molecule has 3 aliphatic heterocycles. The van der Waals surface area contributed by atoms with Crippen molar-refractivity contribution in [2.24, 2.45) is 17.3 Å². The monoisotopic (exact) mass is 1030 g/mol. The fourth-order valence-electron chi connectivity index (χ4n) is 10.1. The number of esters is 1. The van der Waals surface area contributed by atoms with E-state index in [1.807, 2.05) is 81.4 Å². The fourth-order valence-corrected chi connectivity index (χ4v) is 13.6. The Bertz CT molecular complexity index is 2300. The first-order chi connectivity index (χ1) is 33.0. The number of hydrogen-bond donors (Lipinski definition) is 1. The van der Waals surface area contributed by atoms with Crippen LogP contribution in [-0.2, 0) is 57.4 Å². The SMILES string of the molecule is C=C([C@H](C)C[C@@H](CC[C@@H]1O[C@@H](CCCOC(=O)C(C)(C)C)CC1=C)OS(=O)(=O)c1c(C(C)C)cc(C(C)C)cc1C(C)C)[C@H](O)CC1O[C@H](C[C@H]2COC(C)(C)O2)[C@H](OC)[C@H]1CS(=O)(=O)c1ccccc1. The van der Waals surface area contributed by atoms with Crippen LogP contribution in [-0.4, -0.2) is 109 Å². The number of ether oxygens (including phenoxy) is 6. The molecule has 15 heteroatoms. The Morgan fingerprint density at radius 2 is 1.54 bits per heavy atom. The maximum atomic E-state index is 14.9.